The molecule has 0 unspecified atom stereocenters. The first-order valence-electron chi connectivity index (χ1n) is 8.37. The van der Waals surface area contributed by atoms with Gasteiger partial charge in [-0.25, -0.2) is 0 Å². The topological polar surface area (TPSA) is 65.0 Å². The van der Waals surface area contributed by atoms with E-state index in [4.69, 9.17) is 14.2 Å². The fourth-order valence-corrected chi connectivity index (χ4v) is 3.18. The molecule has 0 amide bonds. The van der Waals surface area contributed by atoms with Crippen molar-refractivity contribution in [2.75, 3.05) is 14.2 Å². The van der Waals surface area contributed by atoms with Crippen LogP contribution in [0.3, 0.4) is 0 Å². The molecule has 1 fully saturated rings. The summed E-state index contributed by atoms with van der Waals surface area (Å²) < 4.78 is 16.7. The van der Waals surface area contributed by atoms with E-state index in [1.807, 2.05) is 12.1 Å². The molecule has 0 radical (unpaired) electrons. The Hall–Kier alpha value is -2.69. The van der Waals surface area contributed by atoms with Crippen LogP contribution in [-0.2, 0) is 0 Å². The summed E-state index contributed by atoms with van der Waals surface area (Å²) in [5.74, 6) is 1.70. The molecular formula is C20H22O5. The van der Waals surface area contributed by atoms with Gasteiger partial charge >= 0.3 is 0 Å². The fourth-order valence-electron chi connectivity index (χ4n) is 3.18. The lowest BCUT2D eigenvalue weighted by Crippen LogP contribution is -2.11. The highest BCUT2D eigenvalue weighted by Crippen LogP contribution is 2.42. The van der Waals surface area contributed by atoms with Gasteiger partial charge in [0, 0.05) is 11.1 Å². The minimum Gasteiger partial charge on any atom is -0.507 e. The molecule has 2 aromatic rings. The van der Waals surface area contributed by atoms with E-state index in [0.29, 0.717) is 34.7 Å². The highest BCUT2D eigenvalue weighted by Gasteiger charge is 2.21. The summed E-state index contributed by atoms with van der Waals surface area (Å²) in [7, 11) is 3.10. The van der Waals surface area contributed by atoms with Crippen LogP contribution in [0.15, 0.2) is 30.3 Å². The van der Waals surface area contributed by atoms with Gasteiger partial charge in [0.15, 0.2) is 6.29 Å². The maximum Gasteiger partial charge on any atom is 0.153 e. The monoisotopic (exact) mass is 342 g/mol. The van der Waals surface area contributed by atoms with Gasteiger partial charge in [-0.15, -0.1) is 0 Å². The number of carbonyl (C=O) groups excluding carboxylic acids is 1. The molecule has 1 saturated carbocycles. The van der Waals surface area contributed by atoms with E-state index < -0.39 is 0 Å². The van der Waals surface area contributed by atoms with Crippen molar-refractivity contribution in [3.8, 4) is 34.1 Å². The van der Waals surface area contributed by atoms with Crippen LogP contribution in [0.2, 0.25) is 0 Å². The molecule has 2 aromatic carbocycles. The van der Waals surface area contributed by atoms with E-state index in [1.54, 1.807) is 19.2 Å². The molecule has 0 spiro atoms. The number of hydrogen-bond donors (Lipinski definition) is 1. The Morgan fingerprint density at radius 2 is 1.68 bits per heavy atom. The van der Waals surface area contributed by atoms with Crippen LogP contribution in [0, 0.1) is 0 Å². The minimum absolute atomic E-state index is 0.0969. The quantitative estimate of drug-likeness (QED) is 0.797. The molecule has 3 rings (SSSR count). The second kappa shape index (κ2) is 7.47. The number of carbonyl (C=O) groups is 1. The second-order valence-corrected chi connectivity index (χ2v) is 6.12. The number of phenols is 1. The lowest BCUT2D eigenvalue weighted by Gasteiger charge is -2.19. The molecule has 5 heteroatoms. The Balaban J connectivity index is 2.12. The zero-order chi connectivity index (χ0) is 17.8. The normalized spacial score (nSPS) is 14.3. The van der Waals surface area contributed by atoms with E-state index in [0.717, 1.165) is 25.7 Å². The van der Waals surface area contributed by atoms with E-state index in [1.165, 1.54) is 13.2 Å². The first kappa shape index (κ1) is 17.1. The molecule has 132 valence electrons. The summed E-state index contributed by atoms with van der Waals surface area (Å²) >= 11 is 0. The van der Waals surface area contributed by atoms with Crippen LogP contribution < -0.4 is 14.2 Å². The van der Waals surface area contributed by atoms with Gasteiger partial charge in [0.1, 0.15) is 23.0 Å². The van der Waals surface area contributed by atoms with Crippen LogP contribution in [0.25, 0.3) is 11.1 Å². The Labute approximate surface area is 147 Å². The summed E-state index contributed by atoms with van der Waals surface area (Å²) in [4.78, 5) is 11.3. The number of aromatic hydroxyl groups is 1. The van der Waals surface area contributed by atoms with Gasteiger partial charge in [0.2, 0.25) is 0 Å². The standard InChI is InChI=1S/C20H22O5/c1-23-15-7-8-19(25-14-5-3-4-6-14)17(10-15)18-11-16(24-2)9-13(12-21)20(18)22/h7-12,14,22H,3-6H2,1-2H3. The van der Waals surface area contributed by atoms with Gasteiger partial charge in [-0.1, -0.05) is 0 Å². The van der Waals surface area contributed by atoms with Crippen molar-refractivity contribution < 1.29 is 24.1 Å². The van der Waals surface area contributed by atoms with Gasteiger partial charge in [0.25, 0.3) is 0 Å². The zero-order valence-corrected chi connectivity index (χ0v) is 14.5. The number of phenolic OH excluding ortho intramolecular Hbond substituents is 1. The zero-order valence-electron chi connectivity index (χ0n) is 14.5. The SMILES string of the molecule is COc1ccc(OC2CCCC2)c(-c2cc(OC)cc(C=O)c2O)c1. The fraction of sp³-hybridized carbons (Fsp3) is 0.350. The highest BCUT2D eigenvalue weighted by atomic mass is 16.5. The summed E-state index contributed by atoms with van der Waals surface area (Å²) in [6.07, 6.45) is 5.15. The van der Waals surface area contributed by atoms with E-state index >= 15 is 0 Å². The molecule has 5 nitrogen and oxygen atoms in total. The molecule has 1 N–H and O–H groups in total. The van der Waals surface area contributed by atoms with Crippen LogP contribution >= 0.6 is 0 Å². The average Bonchev–Trinajstić information content (AvgIpc) is 3.15. The van der Waals surface area contributed by atoms with Gasteiger partial charge in [-0.3, -0.25) is 4.79 Å². The maximum atomic E-state index is 11.3. The van der Waals surface area contributed by atoms with Crippen LogP contribution in [0.4, 0.5) is 0 Å². The summed E-state index contributed by atoms with van der Waals surface area (Å²) in [6, 6.07) is 8.66. The van der Waals surface area contributed by atoms with Crippen molar-refractivity contribution in [1.29, 1.82) is 0 Å². The Bertz CT molecular complexity index is 763. The number of aldehydes is 1. The van der Waals surface area contributed by atoms with E-state index in [9.17, 15) is 9.90 Å². The Kier molecular flexibility index (Phi) is 5.12. The van der Waals surface area contributed by atoms with Crippen LogP contribution in [0.1, 0.15) is 36.0 Å². The molecule has 0 saturated heterocycles. The molecule has 25 heavy (non-hydrogen) atoms. The lowest BCUT2D eigenvalue weighted by atomic mass is 9.99. The van der Waals surface area contributed by atoms with Crippen molar-refractivity contribution in [2.45, 2.75) is 31.8 Å². The molecule has 1 aliphatic carbocycles. The number of benzene rings is 2. The number of hydrogen-bond acceptors (Lipinski definition) is 5. The molecule has 0 aliphatic heterocycles. The largest absolute Gasteiger partial charge is 0.507 e. The predicted octanol–water partition coefficient (Wildman–Crippen LogP) is 4.21. The van der Waals surface area contributed by atoms with Crippen molar-refractivity contribution in [3.63, 3.8) is 0 Å². The predicted molar refractivity (Wildman–Crippen MR) is 94.9 cm³/mol. The van der Waals surface area contributed by atoms with Crippen molar-refractivity contribution >= 4 is 6.29 Å². The van der Waals surface area contributed by atoms with E-state index in [2.05, 4.69) is 0 Å². The molecule has 0 heterocycles. The summed E-state index contributed by atoms with van der Waals surface area (Å²) in [5, 5.41) is 10.5. The Morgan fingerprint density at radius 3 is 2.32 bits per heavy atom. The smallest absolute Gasteiger partial charge is 0.153 e. The third-order valence-electron chi connectivity index (χ3n) is 4.55. The lowest BCUT2D eigenvalue weighted by molar-refractivity contribution is 0.112. The number of rotatable bonds is 6. The molecule has 0 aromatic heterocycles. The van der Waals surface area contributed by atoms with Crippen LogP contribution in [-0.4, -0.2) is 31.7 Å². The van der Waals surface area contributed by atoms with Crippen LogP contribution in [0.5, 0.6) is 23.0 Å². The van der Waals surface area contributed by atoms with Gasteiger partial charge in [-0.2, -0.15) is 0 Å². The van der Waals surface area contributed by atoms with Crippen molar-refractivity contribution in [1.82, 2.24) is 0 Å². The van der Waals surface area contributed by atoms with Gasteiger partial charge in [-0.05, 0) is 56.0 Å². The maximum absolute atomic E-state index is 11.3. The highest BCUT2D eigenvalue weighted by molar-refractivity contribution is 5.88. The number of methoxy groups -OCH3 is 2. The van der Waals surface area contributed by atoms with Crippen molar-refractivity contribution in [2.24, 2.45) is 0 Å². The van der Waals surface area contributed by atoms with Gasteiger partial charge < -0.3 is 19.3 Å². The second-order valence-electron chi connectivity index (χ2n) is 6.12. The Morgan fingerprint density at radius 1 is 1.00 bits per heavy atom. The van der Waals surface area contributed by atoms with Crippen molar-refractivity contribution in [3.05, 3.63) is 35.9 Å². The molecule has 0 bridgehead atoms. The van der Waals surface area contributed by atoms with Gasteiger partial charge in [0.05, 0.1) is 25.9 Å². The molecule has 1 aliphatic rings. The van der Waals surface area contributed by atoms with E-state index in [-0.39, 0.29) is 17.4 Å². The third kappa shape index (κ3) is 3.55. The third-order valence-corrected chi connectivity index (χ3v) is 4.55. The number of ether oxygens (including phenoxy) is 3. The first-order valence-corrected chi connectivity index (χ1v) is 8.37. The molecular weight excluding hydrogens is 320 g/mol. The average molecular weight is 342 g/mol. The minimum atomic E-state index is -0.0969. The first-order chi connectivity index (χ1) is 12.2. The molecule has 0 atom stereocenters. The summed E-state index contributed by atoms with van der Waals surface area (Å²) in [5.41, 5.74) is 1.32. The summed E-state index contributed by atoms with van der Waals surface area (Å²) in [6.45, 7) is 0.